The minimum atomic E-state index is 0.509. The molecular formula is C12H11N3OS. The molecule has 3 N–H and O–H groups in total. The number of ether oxygens (including phenoxy) is 1. The zero-order valence-corrected chi connectivity index (χ0v) is 10.0. The van der Waals surface area contributed by atoms with Gasteiger partial charge in [-0.05, 0) is 29.7 Å². The van der Waals surface area contributed by atoms with E-state index in [2.05, 4.69) is 22.3 Å². The van der Waals surface area contributed by atoms with Gasteiger partial charge in [-0.15, -0.1) is 11.3 Å². The molecule has 0 unspecified atom stereocenters. The number of hydrogen-bond acceptors (Lipinski definition) is 4. The third-order valence-corrected chi connectivity index (χ3v) is 3.74. The molecule has 17 heavy (non-hydrogen) atoms. The Kier molecular flexibility index (Phi) is 2.26. The van der Waals surface area contributed by atoms with E-state index in [0.29, 0.717) is 5.82 Å². The Morgan fingerprint density at radius 2 is 2.18 bits per heavy atom. The fraction of sp³-hybridized carbons (Fsp3) is 0.0833. The van der Waals surface area contributed by atoms with E-state index in [4.69, 9.17) is 10.5 Å². The monoisotopic (exact) mass is 245 g/mol. The van der Waals surface area contributed by atoms with Crippen molar-refractivity contribution in [3.63, 3.8) is 0 Å². The van der Waals surface area contributed by atoms with Crippen LogP contribution in [0.5, 0.6) is 5.75 Å². The molecule has 0 fully saturated rings. The van der Waals surface area contributed by atoms with Crippen LogP contribution in [-0.4, -0.2) is 17.3 Å². The Morgan fingerprint density at radius 1 is 1.29 bits per heavy atom. The number of aromatic amines is 1. The second-order valence-corrected chi connectivity index (χ2v) is 4.80. The number of nitrogens with two attached hydrogens (primary N) is 1. The smallest absolute Gasteiger partial charge is 0.145 e. The zero-order valence-electron chi connectivity index (χ0n) is 9.23. The van der Waals surface area contributed by atoms with E-state index in [-0.39, 0.29) is 0 Å². The van der Waals surface area contributed by atoms with Crippen molar-refractivity contribution < 1.29 is 4.74 Å². The van der Waals surface area contributed by atoms with Crippen LogP contribution >= 0.6 is 11.3 Å². The van der Waals surface area contributed by atoms with Crippen LogP contribution in [0.1, 0.15) is 0 Å². The first kappa shape index (κ1) is 10.2. The van der Waals surface area contributed by atoms with Crippen LogP contribution in [-0.2, 0) is 0 Å². The molecule has 0 aliphatic heterocycles. The maximum atomic E-state index is 5.60. The van der Waals surface area contributed by atoms with E-state index >= 15 is 0 Å². The molecule has 2 heterocycles. The summed E-state index contributed by atoms with van der Waals surface area (Å²) in [5, 5.41) is 8.01. The number of nitrogens with zero attached hydrogens (tertiary/aromatic N) is 1. The highest BCUT2D eigenvalue weighted by Gasteiger charge is 2.07. The Morgan fingerprint density at radius 3 is 2.88 bits per heavy atom. The van der Waals surface area contributed by atoms with Crippen molar-refractivity contribution in [1.82, 2.24) is 10.2 Å². The molecule has 0 bridgehead atoms. The Labute approximate surface area is 102 Å². The minimum Gasteiger partial charge on any atom is -0.497 e. The molecule has 2 aromatic heterocycles. The highest BCUT2D eigenvalue weighted by molar-refractivity contribution is 7.22. The van der Waals surface area contributed by atoms with E-state index in [1.54, 1.807) is 18.4 Å². The second kappa shape index (κ2) is 3.78. The maximum Gasteiger partial charge on any atom is 0.145 e. The molecule has 0 radical (unpaired) electrons. The molecule has 5 heteroatoms. The standard InChI is InChI=1S/C12H11N3OS/c1-16-8-2-3-10-7(4-8)5-11(17-10)9-6-12(13)15-14-9/h2-6H,1H3,(H3,13,14,15). The number of rotatable bonds is 2. The molecule has 0 aliphatic rings. The fourth-order valence-corrected chi connectivity index (χ4v) is 2.75. The predicted octanol–water partition coefficient (Wildman–Crippen LogP) is 2.88. The van der Waals surface area contributed by atoms with Gasteiger partial charge in [-0.3, -0.25) is 5.10 Å². The lowest BCUT2D eigenvalue weighted by molar-refractivity contribution is 0.415. The van der Waals surface area contributed by atoms with Crippen molar-refractivity contribution in [2.24, 2.45) is 0 Å². The number of H-pyrrole nitrogens is 1. The van der Waals surface area contributed by atoms with Gasteiger partial charge in [-0.2, -0.15) is 5.10 Å². The second-order valence-electron chi connectivity index (χ2n) is 3.72. The number of fused-ring (bicyclic) bond motifs is 1. The largest absolute Gasteiger partial charge is 0.497 e. The average molecular weight is 245 g/mol. The van der Waals surface area contributed by atoms with Gasteiger partial charge in [-0.1, -0.05) is 0 Å². The number of anilines is 1. The van der Waals surface area contributed by atoms with Crippen molar-refractivity contribution in [3.8, 4) is 16.3 Å². The number of thiophene rings is 1. The lowest BCUT2D eigenvalue weighted by atomic mass is 10.2. The molecule has 0 saturated carbocycles. The molecule has 0 aliphatic carbocycles. The molecule has 0 spiro atoms. The predicted molar refractivity (Wildman–Crippen MR) is 70.4 cm³/mol. The summed E-state index contributed by atoms with van der Waals surface area (Å²) in [4.78, 5) is 1.12. The summed E-state index contributed by atoms with van der Waals surface area (Å²) in [6.07, 6.45) is 0. The van der Waals surface area contributed by atoms with Gasteiger partial charge in [0.1, 0.15) is 11.6 Å². The van der Waals surface area contributed by atoms with Gasteiger partial charge in [0.2, 0.25) is 0 Å². The average Bonchev–Trinajstić information content (AvgIpc) is 2.93. The van der Waals surface area contributed by atoms with Gasteiger partial charge < -0.3 is 10.5 Å². The number of nitrogens with one attached hydrogen (secondary N) is 1. The van der Waals surface area contributed by atoms with E-state index in [1.165, 1.54) is 4.70 Å². The minimum absolute atomic E-state index is 0.509. The molecule has 0 atom stereocenters. The number of nitrogen functional groups attached to an aromatic ring is 1. The van der Waals surface area contributed by atoms with Crippen LogP contribution in [0.4, 0.5) is 5.82 Å². The van der Waals surface area contributed by atoms with E-state index in [0.717, 1.165) is 21.7 Å². The number of hydrogen-bond donors (Lipinski definition) is 2. The van der Waals surface area contributed by atoms with Crippen LogP contribution in [0.25, 0.3) is 20.7 Å². The Balaban J connectivity index is 2.13. The quantitative estimate of drug-likeness (QED) is 0.729. The molecule has 1 aromatic carbocycles. The fourth-order valence-electron chi connectivity index (χ4n) is 1.74. The lowest BCUT2D eigenvalue weighted by Crippen LogP contribution is -1.81. The molecular weight excluding hydrogens is 234 g/mol. The van der Waals surface area contributed by atoms with Crippen LogP contribution in [0.3, 0.4) is 0 Å². The van der Waals surface area contributed by atoms with Crippen molar-refractivity contribution in [1.29, 1.82) is 0 Å². The molecule has 0 amide bonds. The van der Waals surface area contributed by atoms with Gasteiger partial charge in [0.25, 0.3) is 0 Å². The number of methoxy groups -OCH3 is 1. The summed E-state index contributed by atoms with van der Waals surface area (Å²) in [7, 11) is 1.67. The molecule has 3 rings (SSSR count). The van der Waals surface area contributed by atoms with Crippen LogP contribution in [0.2, 0.25) is 0 Å². The molecule has 3 aromatic rings. The summed E-state index contributed by atoms with van der Waals surface area (Å²) >= 11 is 1.70. The van der Waals surface area contributed by atoms with Crippen molar-refractivity contribution in [2.45, 2.75) is 0 Å². The van der Waals surface area contributed by atoms with Crippen LogP contribution in [0, 0.1) is 0 Å². The van der Waals surface area contributed by atoms with E-state index in [1.807, 2.05) is 18.2 Å². The van der Waals surface area contributed by atoms with Crippen molar-refractivity contribution in [3.05, 3.63) is 30.3 Å². The SMILES string of the molecule is COc1ccc2sc(-c3cc(N)n[nH]3)cc2c1. The number of aromatic nitrogens is 2. The normalized spacial score (nSPS) is 10.9. The van der Waals surface area contributed by atoms with Crippen LogP contribution in [0.15, 0.2) is 30.3 Å². The van der Waals surface area contributed by atoms with Gasteiger partial charge in [0, 0.05) is 10.8 Å². The van der Waals surface area contributed by atoms with Crippen molar-refractivity contribution >= 4 is 27.2 Å². The molecule has 4 nitrogen and oxygen atoms in total. The first-order valence-electron chi connectivity index (χ1n) is 5.15. The molecule has 86 valence electrons. The highest BCUT2D eigenvalue weighted by atomic mass is 32.1. The van der Waals surface area contributed by atoms with Crippen LogP contribution < -0.4 is 10.5 Å². The highest BCUT2D eigenvalue weighted by Crippen LogP contribution is 2.34. The number of benzene rings is 1. The summed E-state index contributed by atoms with van der Waals surface area (Å²) in [5.74, 6) is 1.38. The third-order valence-electron chi connectivity index (χ3n) is 2.59. The first-order chi connectivity index (χ1) is 8.26. The van der Waals surface area contributed by atoms with Gasteiger partial charge in [-0.25, -0.2) is 0 Å². The molecule has 0 saturated heterocycles. The summed E-state index contributed by atoms with van der Waals surface area (Å²) in [6, 6.07) is 9.98. The maximum absolute atomic E-state index is 5.60. The topological polar surface area (TPSA) is 63.9 Å². The Bertz CT molecular complexity index is 671. The lowest BCUT2D eigenvalue weighted by Gasteiger charge is -1.97. The first-order valence-corrected chi connectivity index (χ1v) is 5.97. The van der Waals surface area contributed by atoms with Crippen molar-refractivity contribution in [2.75, 3.05) is 12.8 Å². The zero-order chi connectivity index (χ0) is 11.8. The van der Waals surface area contributed by atoms with E-state index in [9.17, 15) is 0 Å². The Hall–Kier alpha value is -2.01. The van der Waals surface area contributed by atoms with E-state index < -0.39 is 0 Å². The van der Waals surface area contributed by atoms with Gasteiger partial charge >= 0.3 is 0 Å². The third kappa shape index (κ3) is 1.74. The summed E-state index contributed by atoms with van der Waals surface area (Å²) in [6.45, 7) is 0. The summed E-state index contributed by atoms with van der Waals surface area (Å²) < 4.78 is 6.42. The summed E-state index contributed by atoms with van der Waals surface area (Å²) in [5.41, 5.74) is 6.55. The van der Waals surface area contributed by atoms with Gasteiger partial charge in [0.15, 0.2) is 0 Å². The van der Waals surface area contributed by atoms with Gasteiger partial charge in [0.05, 0.1) is 17.7 Å².